The summed E-state index contributed by atoms with van der Waals surface area (Å²) in [4.78, 5) is 11.7. The Morgan fingerprint density at radius 2 is 1.75 bits per heavy atom. The number of aryl methyl sites for hydroxylation is 2. The van der Waals surface area contributed by atoms with E-state index in [1.54, 1.807) is 12.1 Å². The van der Waals surface area contributed by atoms with Crippen LogP contribution in [0.2, 0.25) is 0 Å². The van der Waals surface area contributed by atoms with Gasteiger partial charge < -0.3 is 9.47 Å². The fourth-order valence-electron chi connectivity index (χ4n) is 1.94. The summed E-state index contributed by atoms with van der Waals surface area (Å²) in [6.07, 6.45) is 0. The summed E-state index contributed by atoms with van der Waals surface area (Å²) in [5.41, 5.74) is 3.30. The van der Waals surface area contributed by atoms with E-state index in [1.165, 1.54) is 0 Å². The monoisotopic (exact) mass is 270 g/mol. The van der Waals surface area contributed by atoms with Crippen LogP contribution < -0.4 is 9.47 Å². The van der Waals surface area contributed by atoms with E-state index in [0.717, 1.165) is 22.4 Å². The van der Waals surface area contributed by atoms with Crippen LogP contribution in [0.25, 0.3) is 0 Å². The number of para-hydroxylation sites is 1. The predicted octanol–water partition coefficient (Wildman–Crippen LogP) is 3.60. The first-order valence-electron chi connectivity index (χ1n) is 6.52. The molecule has 0 bridgehead atoms. The Labute approximate surface area is 119 Å². The lowest BCUT2D eigenvalue weighted by Gasteiger charge is -2.12. The van der Waals surface area contributed by atoms with Crippen molar-refractivity contribution in [2.45, 2.75) is 20.8 Å². The molecule has 0 fully saturated rings. The molecule has 0 amide bonds. The molecule has 0 atom stereocenters. The van der Waals surface area contributed by atoms with Crippen LogP contribution in [0, 0.1) is 20.8 Å². The smallest absolute Gasteiger partial charge is 0.349 e. The van der Waals surface area contributed by atoms with E-state index in [9.17, 15) is 4.79 Å². The second-order valence-electron chi connectivity index (χ2n) is 4.78. The third kappa shape index (κ3) is 3.60. The van der Waals surface area contributed by atoms with Gasteiger partial charge in [-0.05, 0) is 55.7 Å². The minimum atomic E-state index is -0.408. The molecule has 0 saturated carbocycles. The van der Waals surface area contributed by atoms with Crippen molar-refractivity contribution in [1.29, 1.82) is 0 Å². The molecule has 0 aliphatic heterocycles. The zero-order chi connectivity index (χ0) is 14.5. The summed E-state index contributed by atoms with van der Waals surface area (Å²) in [6.45, 7) is 5.91. The van der Waals surface area contributed by atoms with Crippen LogP contribution in [0.3, 0.4) is 0 Å². The van der Waals surface area contributed by atoms with Crippen molar-refractivity contribution in [3.63, 3.8) is 0 Å². The number of esters is 1. The lowest BCUT2D eigenvalue weighted by atomic mass is 10.1. The molecule has 0 heterocycles. The zero-order valence-electron chi connectivity index (χ0n) is 12.0. The van der Waals surface area contributed by atoms with Gasteiger partial charge in [0.25, 0.3) is 0 Å². The fraction of sp³-hybridized carbons (Fsp3) is 0.235. The average Bonchev–Trinajstić information content (AvgIpc) is 2.42. The van der Waals surface area contributed by atoms with Gasteiger partial charge in [0.05, 0.1) is 0 Å². The highest BCUT2D eigenvalue weighted by Gasteiger charge is 2.09. The van der Waals surface area contributed by atoms with Crippen LogP contribution in [0.4, 0.5) is 0 Å². The summed E-state index contributed by atoms with van der Waals surface area (Å²) in [5, 5.41) is 0. The molecule has 2 aromatic rings. The molecule has 3 heteroatoms. The van der Waals surface area contributed by atoms with Crippen LogP contribution in [0.1, 0.15) is 16.7 Å². The Bertz CT molecular complexity index is 603. The van der Waals surface area contributed by atoms with Crippen LogP contribution in [-0.2, 0) is 4.79 Å². The second-order valence-corrected chi connectivity index (χ2v) is 4.78. The number of benzene rings is 2. The molecule has 0 unspecified atom stereocenters. The number of hydrogen-bond donors (Lipinski definition) is 0. The molecule has 0 aliphatic rings. The largest absolute Gasteiger partial charge is 0.482 e. The van der Waals surface area contributed by atoms with Crippen LogP contribution in [-0.4, -0.2) is 12.6 Å². The molecule has 20 heavy (non-hydrogen) atoms. The van der Waals surface area contributed by atoms with Crippen molar-refractivity contribution >= 4 is 5.97 Å². The van der Waals surface area contributed by atoms with Gasteiger partial charge in [0.1, 0.15) is 11.5 Å². The predicted molar refractivity (Wildman–Crippen MR) is 78.2 cm³/mol. The first-order chi connectivity index (χ1) is 9.56. The Morgan fingerprint density at radius 3 is 2.45 bits per heavy atom. The molecular weight excluding hydrogens is 252 g/mol. The Balaban J connectivity index is 1.97. The maximum atomic E-state index is 11.7. The molecule has 2 aromatic carbocycles. The Hall–Kier alpha value is -2.29. The number of ether oxygens (including phenoxy) is 2. The van der Waals surface area contributed by atoms with Gasteiger partial charge in [-0.25, -0.2) is 4.79 Å². The fourth-order valence-corrected chi connectivity index (χ4v) is 1.94. The van der Waals surface area contributed by atoms with E-state index >= 15 is 0 Å². The maximum absolute atomic E-state index is 11.7. The number of hydrogen-bond acceptors (Lipinski definition) is 3. The van der Waals surface area contributed by atoms with Gasteiger partial charge in [0.15, 0.2) is 6.61 Å². The lowest BCUT2D eigenvalue weighted by Crippen LogP contribution is -2.18. The number of carbonyl (C=O) groups excluding carboxylic acids is 1. The van der Waals surface area contributed by atoms with Crippen LogP contribution in [0.15, 0.2) is 42.5 Å². The standard InChI is InChI=1S/C17H18O3/c1-12-9-13(2)14(3)16(10-12)19-11-17(18)20-15-7-5-4-6-8-15/h4-10H,11H2,1-3H3. The van der Waals surface area contributed by atoms with Crippen molar-refractivity contribution in [3.8, 4) is 11.5 Å². The number of rotatable bonds is 4. The highest BCUT2D eigenvalue weighted by molar-refractivity contribution is 5.74. The van der Waals surface area contributed by atoms with E-state index in [2.05, 4.69) is 6.07 Å². The van der Waals surface area contributed by atoms with Crippen molar-refractivity contribution in [3.05, 3.63) is 59.2 Å². The first kappa shape index (κ1) is 14.1. The minimum Gasteiger partial charge on any atom is -0.482 e. The van der Waals surface area contributed by atoms with Crippen molar-refractivity contribution in [2.75, 3.05) is 6.61 Å². The van der Waals surface area contributed by atoms with Gasteiger partial charge in [0, 0.05) is 0 Å². The molecule has 0 radical (unpaired) electrons. The van der Waals surface area contributed by atoms with E-state index < -0.39 is 5.97 Å². The van der Waals surface area contributed by atoms with Gasteiger partial charge in [-0.2, -0.15) is 0 Å². The first-order valence-corrected chi connectivity index (χ1v) is 6.52. The maximum Gasteiger partial charge on any atom is 0.349 e. The molecule has 3 nitrogen and oxygen atoms in total. The molecule has 0 spiro atoms. The van der Waals surface area contributed by atoms with E-state index in [-0.39, 0.29) is 6.61 Å². The van der Waals surface area contributed by atoms with Crippen molar-refractivity contribution in [1.82, 2.24) is 0 Å². The van der Waals surface area contributed by atoms with Gasteiger partial charge in [-0.3, -0.25) is 0 Å². The molecule has 0 saturated heterocycles. The topological polar surface area (TPSA) is 35.5 Å². The van der Waals surface area contributed by atoms with Gasteiger partial charge in [-0.1, -0.05) is 24.3 Å². The minimum absolute atomic E-state index is 0.0986. The highest BCUT2D eigenvalue weighted by Crippen LogP contribution is 2.23. The summed E-state index contributed by atoms with van der Waals surface area (Å²) in [7, 11) is 0. The molecule has 104 valence electrons. The van der Waals surface area contributed by atoms with Gasteiger partial charge >= 0.3 is 5.97 Å². The second kappa shape index (κ2) is 6.24. The summed E-state index contributed by atoms with van der Waals surface area (Å²) < 4.78 is 10.7. The molecule has 2 rings (SSSR count). The van der Waals surface area contributed by atoms with Gasteiger partial charge in [0.2, 0.25) is 0 Å². The molecular formula is C17H18O3. The molecule has 0 aliphatic carbocycles. The lowest BCUT2D eigenvalue weighted by molar-refractivity contribution is -0.136. The van der Waals surface area contributed by atoms with Crippen LogP contribution in [0.5, 0.6) is 11.5 Å². The third-order valence-corrected chi connectivity index (χ3v) is 3.08. The van der Waals surface area contributed by atoms with Crippen molar-refractivity contribution in [2.24, 2.45) is 0 Å². The van der Waals surface area contributed by atoms with Crippen molar-refractivity contribution < 1.29 is 14.3 Å². The van der Waals surface area contributed by atoms with Gasteiger partial charge in [-0.15, -0.1) is 0 Å². The number of carbonyl (C=O) groups is 1. The molecule has 0 aromatic heterocycles. The normalized spacial score (nSPS) is 10.2. The summed E-state index contributed by atoms with van der Waals surface area (Å²) in [6, 6.07) is 13.0. The quantitative estimate of drug-likeness (QED) is 0.629. The highest BCUT2D eigenvalue weighted by atomic mass is 16.6. The van der Waals surface area contributed by atoms with E-state index in [4.69, 9.17) is 9.47 Å². The van der Waals surface area contributed by atoms with Crippen LogP contribution >= 0.6 is 0 Å². The zero-order valence-corrected chi connectivity index (χ0v) is 12.0. The summed E-state index contributed by atoms with van der Waals surface area (Å²) >= 11 is 0. The van der Waals surface area contributed by atoms with E-state index in [1.807, 2.05) is 45.0 Å². The Morgan fingerprint density at radius 1 is 1.05 bits per heavy atom. The molecule has 0 N–H and O–H groups in total. The summed E-state index contributed by atoms with van der Waals surface area (Å²) in [5.74, 6) is 0.848. The van der Waals surface area contributed by atoms with E-state index in [0.29, 0.717) is 5.75 Å². The Kier molecular flexibility index (Phi) is 4.41. The third-order valence-electron chi connectivity index (χ3n) is 3.08. The SMILES string of the molecule is Cc1cc(C)c(C)c(OCC(=O)Oc2ccccc2)c1. The average molecular weight is 270 g/mol.